The van der Waals surface area contributed by atoms with Crippen LogP contribution in [0.2, 0.25) is 0 Å². The van der Waals surface area contributed by atoms with Crippen molar-refractivity contribution in [3.8, 4) is 0 Å². The minimum absolute atomic E-state index is 0.0573. The van der Waals surface area contributed by atoms with Crippen LogP contribution >= 0.6 is 0 Å². The van der Waals surface area contributed by atoms with E-state index in [1.54, 1.807) is 24.3 Å². The SMILES string of the molecule is OCc1ccc(CNOCC(F)(F)F)cc1. The van der Waals surface area contributed by atoms with Crippen molar-refractivity contribution >= 4 is 0 Å². The molecular weight excluding hydrogens is 223 g/mol. The van der Waals surface area contributed by atoms with Gasteiger partial charge in [0, 0.05) is 6.54 Å². The molecule has 0 atom stereocenters. The predicted octanol–water partition coefficient (Wildman–Crippen LogP) is 1.76. The molecule has 1 rings (SSSR count). The third-order valence-corrected chi connectivity index (χ3v) is 1.82. The Kier molecular flexibility index (Phi) is 4.72. The smallest absolute Gasteiger partial charge is 0.392 e. The van der Waals surface area contributed by atoms with E-state index >= 15 is 0 Å². The minimum atomic E-state index is -4.33. The number of hydrogen-bond acceptors (Lipinski definition) is 3. The summed E-state index contributed by atoms with van der Waals surface area (Å²) in [5, 5.41) is 8.77. The normalized spacial score (nSPS) is 11.8. The molecule has 0 saturated carbocycles. The molecule has 0 bridgehead atoms. The summed E-state index contributed by atoms with van der Waals surface area (Å²) >= 11 is 0. The predicted molar refractivity (Wildman–Crippen MR) is 51.2 cm³/mol. The number of rotatable bonds is 5. The van der Waals surface area contributed by atoms with Gasteiger partial charge < -0.3 is 5.11 Å². The van der Waals surface area contributed by atoms with Crippen LogP contribution in [0, 0.1) is 0 Å². The molecule has 0 aromatic heterocycles. The standard InChI is InChI=1S/C10H12F3NO2/c11-10(12,13)7-16-14-5-8-1-3-9(6-15)4-2-8/h1-4,14-15H,5-7H2. The fourth-order valence-electron chi connectivity index (χ4n) is 1.03. The first-order valence-corrected chi connectivity index (χ1v) is 4.61. The highest BCUT2D eigenvalue weighted by Crippen LogP contribution is 2.13. The molecule has 3 nitrogen and oxygen atoms in total. The van der Waals surface area contributed by atoms with Gasteiger partial charge in [-0.05, 0) is 11.1 Å². The first kappa shape index (κ1) is 13.0. The largest absolute Gasteiger partial charge is 0.413 e. The zero-order valence-electron chi connectivity index (χ0n) is 8.42. The number of halogens is 3. The second kappa shape index (κ2) is 5.83. The van der Waals surface area contributed by atoms with Crippen LogP contribution in [0.15, 0.2) is 24.3 Å². The number of aliphatic hydroxyl groups excluding tert-OH is 1. The van der Waals surface area contributed by atoms with Gasteiger partial charge in [0.05, 0.1) is 6.61 Å². The molecule has 0 aliphatic rings. The lowest BCUT2D eigenvalue weighted by atomic mass is 10.1. The van der Waals surface area contributed by atoms with Crippen molar-refractivity contribution in [1.29, 1.82) is 0 Å². The monoisotopic (exact) mass is 235 g/mol. The summed E-state index contributed by atoms with van der Waals surface area (Å²) in [6.07, 6.45) is -4.33. The van der Waals surface area contributed by atoms with Gasteiger partial charge in [0.2, 0.25) is 0 Å². The van der Waals surface area contributed by atoms with E-state index in [0.717, 1.165) is 11.1 Å². The topological polar surface area (TPSA) is 41.5 Å². The Balaban J connectivity index is 2.27. The Morgan fingerprint density at radius 1 is 1.12 bits per heavy atom. The molecule has 1 aromatic rings. The zero-order chi connectivity index (χ0) is 12.0. The van der Waals surface area contributed by atoms with Crippen LogP contribution in [-0.4, -0.2) is 17.9 Å². The number of hydroxylamine groups is 1. The maximum Gasteiger partial charge on any atom is 0.413 e. The highest BCUT2D eigenvalue weighted by Gasteiger charge is 2.27. The summed E-state index contributed by atoms with van der Waals surface area (Å²) in [7, 11) is 0. The van der Waals surface area contributed by atoms with E-state index in [1.165, 1.54) is 0 Å². The molecule has 90 valence electrons. The van der Waals surface area contributed by atoms with Crippen LogP contribution in [0.5, 0.6) is 0 Å². The quantitative estimate of drug-likeness (QED) is 0.603. The Morgan fingerprint density at radius 3 is 2.19 bits per heavy atom. The van der Waals surface area contributed by atoms with Gasteiger partial charge >= 0.3 is 6.18 Å². The lowest BCUT2D eigenvalue weighted by Gasteiger charge is -2.08. The molecule has 0 heterocycles. The number of alkyl halides is 3. The van der Waals surface area contributed by atoms with Crippen LogP contribution in [0.3, 0.4) is 0 Å². The highest BCUT2D eigenvalue weighted by atomic mass is 19.4. The molecule has 0 unspecified atom stereocenters. The lowest BCUT2D eigenvalue weighted by Crippen LogP contribution is -2.24. The van der Waals surface area contributed by atoms with Crippen molar-refractivity contribution < 1.29 is 23.1 Å². The minimum Gasteiger partial charge on any atom is -0.392 e. The van der Waals surface area contributed by atoms with Crippen LogP contribution in [-0.2, 0) is 18.0 Å². The van der Waals surface area contributed by atoms with Crippen LogP contribution in [0.1, 0.15) is 11.1 Å². The van der Waals surface area contributed by atoms with Gasteiger partial charge in [-0.3, -0.25) is 4.84 Å². The average molecular weight is 235 g/mol. The molecule has 0 spiro atoms. The number of benzene rings is 1. The van der Waals surface area contributed by atoms with Crippen LogP contribution in [0.4, 0.5) is 13.2 Å². The zero-order valence-corrected chi connectivity index (χ0v) is 8.42. The summed E-state index contributed by atoms with van der Waals surface area (Å²) < 4.78 is 35.1. The molecule has 0 aliphatic carbocycles. The Hall–Kier alpha value is -1.11. The molecule has 6 heteroatoms. The molecule has 1 aromatic carbocycles. The van der Waals surface area contributed by atoms with Crippen molar-refractivity contribution in [3.63, 3.8) is 0 Å². The van der Waals surface area contributed by atoms with Gasteiger partial charge in [-0.15, -0.1) is 0 Å². The first-order valence-electron chi connectivity index (χ1n) is 4.61. The maximum absolute atomic E-state index is 11.7. The van der Waals surface area contributed by atoms with Crippen molar-refractivity contribution in [1.82, 2.24) is 5.48 Å². The van der Waals surface area contributed by atoms with Crippen molar-refractivity contribution in [2.24, 2.45) is 0 Å². The van der Waals surface area contributed by atoms with Crippen molar-refractivity contribution in [3.05, 3.63) is 35.4 Å². The number of aliphatic hydroxyl groups is 1. The Labute approximate surface area is 90.8 Å². The average Bonchev–Trinajstić information content (AvgIpc) is 2.24. The number of hydrogen-bond donors (Lipinski definition) is 2. The highest BCUT2D eigenvalue weighted by molar-refractivity contribution is 5.21. The summed E-state index contributed by atoms with van der Waals surface area (Å²) in [6, 6.07) is 6.80. The summed E-state index contributed by atoms with van der Waals surface area (Å²) in [4.78, 5) is 4.23. The first-order chi connectivity index (χ1) is 7.51. The van der Waals surface area contributed by atoms with E-state index in [9.17, 15) is 13.2 Å². The third-order valence-electron chi connectivity index (χ3n) is 1.82. The van der Waals surface area contributed by atoms with Crippen molar-refractivity contribution in [2.45, 2.75) is 19.3 Å². The summed E-state index contributed by atoms with van der Waals surface area (Å²) in [5.41, 5.74) is 3.74. The Morgan fingerprint density at radius 2 is 1.69 bits per heavy atom. The molecule has 2 N–H and O–H groups in total. The molecule has 16 heavy (non-hydrogen) atoms. The van der Waals surface area contributed by atoms with Gasteiger partial charge in [0.25, 0.3) is 0 Å². The third kappa shape index (κ3) is 5.11. The Bertz CT molecular complexity index is 311. The van der Waals surface area contributed by atoms with E-state index in [2.05, 4.69) is 10.3 Å². The molecule has 0 aliphatic heterocycles. The second-order valence-corrected chi connectivity index (χ2v) is 3.20. The maximum atomic E-state index is 11.7. The van der Waals surface area contributed by atoms with Gasteiger partial charge in [-0.1, -0.05) is 24.3 Å². The number of nitrogens with one attached hydrogen (secondary N) is 1. The second-order valence-electron chi connectivity index (χ2n) is 3.20. The molecular formula is C10H12F3NO2. The van der Waals surface area contributed by atoms with E-state index < -0.39 is 12.8 Å². The summed E-state index contributed by atoms with van der Waals surface area (Å²) in [5.74, 6) is 0. The lowest BCUT2D eigenvalue weighted by molar-refractivity contribution is -0.190. The molecule has 0 radical (unpaired) electrons. The van der Waals surface area contributed by atoms with Gasteiger partial charge in [0.15, 0.2) is 6.61 Å². The van der Waals surface area contributed by atoms with E-state index in [1.807, 2.05) is 0 Å². The molecule has 0 amide bonds. The van der Waals surface area contributed by atoms with Crippen molar-refractivity contribution in [2.75, 3.05) is 6.61 Å². The summed E-state index contributed by atoms with van der Waals surface area (Å²) in [6.45, 7) is -1.19. The van der Waals surface area contributed by atoms with Gasteiger partial charge in [0.1, 0.15) is 0 Å². The van der Waals surface area contributed by atoms with E-state index in [0.29, 0.717) is 0 Å². The van der Waals surface area contributed by atoms with Crippen LogP contribution < -0.4 is 5.48 Å². The van der Waals surface area contributed by atoms with E-state index in [-0.39, 0.29) is 13.2 Å². The fourth-order valence-corrected chi connectivity index (χ4v) is 1.03. The van der Waals surface area contributed by atoms with Crippen LogP contribution in [0.25, 0.3) is 0 Å². The van der Waals surface area contributed by atoms with E-state index in [4.69, 9.17) is 5.11 Å². The van der Waals surface area contributed by atoms with Gasteiger partial charge in [-0.2, -0.15) is 18.7 Å². The van der Waals surface area contributed by atoms with Gasteiger partial charge in [-0.25, -0.2) is 0 Å². The molecule has 0 fully saturated rings. The molecule has 0 saturated heterocycles. The fraction of sp³-hybridized carbons (Fsp3) is 0.400.